The molecule has 3 atom stereocenters. The number of rotatable bonds is 13. The van der Waals surface area contributed by atoms with Gasteiger partial charge in [0.15, 0.2) is 0 Å². The van der Waals surface area contributed by atoms with E-state index >= 15 is 0 Å². The quantitative estimate of drug-likeness (QED) is 0.116. The molecule has 0 radical (unpaired) electrons. The first-order chi connectivity index (χ1) is 21.2. The van der Waals surface area contributed by atoms with Crippen LogP contribution in [0.3, 0.4) is 0 Å². The van der Waals surface area contributed by atoms with Crippen LogP contribution in [0.15, 0.2) is 24.3 Å². The SMILES string of the molecule is CC(CC1C(=O)N(CCCCC(F)(F)C(F)(F)C(F)(F)C(F)(F)C(F)(F)C(F)(F)F)C(=O)C1C(C)(C)C)c1ccc(OC(C)(C)C)cc1. The van der Waals surface area contributed by atoms with Crippen LogP contribution in [0.25, 0.3) is 0 Å². The van der Waals surface area contributed by atoms with Gasteiger partial charge < -0.3 is 4.74 Å². The van der Waals surface area contributed by atoms with Crippen molar-refractivity contribution >= 4 is 11.8 Å². The number of halogens is 13. The van der Waals surface area contributed by atoms with Crippen LogP contribution >= 0.6 is 0 Å². The number of ether oxygens (including phenoxy) is 1. The van der Waals surface area contributed by atoms with Crippen LogP contribution in [-0.2, 0) is 9.59 Å². The third-order valence-corrected chi connectivity index (χ3v) is 8.05. The van der Waals surface area contributed by atoms with E-state index in [-0.39, 0.29) is 12.3 Å². The molecule has 1 aliphatic heterocycles. The third kappa shape index (κ3) is 7.84. The summed E-state index contributed by atoms with van der Waals surface area (Å²) in [6.07, 6.45) is -11.7. The molecule has 1 fully saturated rings. The van der Waals surface area contributed by atoms with Crippen LogP contribution < -0.4 is 4.74 Å². The lowest BCUT2D eigenvalue weighted by molar-refractivity contribution is -0.440. The van der Waals surface area contributed by atoms with E-state index < -0.39 is 96.3 Å². The molecule has 0 aromatic heterocycles. The summed E-state index contributed by atoms with van der Waals surface area (Å²) in [6.45, 7) is 11.7. The van der Waals surface area contributed by atoms with Gasteiger partial charge in [0.25, 0.3) is 0 Å². The van der Waals surface area contributed by atoms with Crippen molar-refractivity contribution in [1.82, 2.24) is 4.90 Å². The van der Waals surface area contributed by atoms with Crippen molar-refractivity contribution in [3.05, 3.63) is 29.8 Å². The first-order valence-electron chi connectivity index (χ1n) is 14.8. The Bertz CT molecular complexity index is 1300. The smallest absolute Gasteiger partial charge is 0.460 e. The molecule has 0 bridgehead atoms. The molecule has 4 nitrogen and oxygen atoms in total. The van der Waals surface area contributed by atoms with Crippen molar-refractivity contribution in [2.24, 2.45) is 17.3 Å². The highest BCUT2D eigenvalue weighted by molar-refractivity contribution is 6.05. The molecule has 1 aromatic carbocycles. The van der Waals surface area contributed by atoms with Crippen LogP contribution in [0, 0.1) is 17.3 Å². The molecule has 1 saturated heterocycles. The molecule has 2 amide bonds. The lowest BCUT2D eigenvalue weighted by atomic mass is 9.71. The van der Waals surface area contributed by atoms with Crippen molar-refractivity contribution < 1.29 is 71.4 Å². The maximum atomic E-state index is 14.2. The van der Waals surface area contributed by atoms with E-state index in [1.54, 1.807) is 52.0 Å². The normalized spacial score (nSPS) is 20.0. The van der Waals surface area contributed by atoms with Crippen LogP contribution in [0.2, 0.25) is 0 Å². The molecule has 0 aliphatic carbocycles. The first kappa shape index (κ1) is 41.4. The number of imide groups is 1. The average molecular weight is 720 g/mol. The van der Waals surface area contributed by atoms with Crippen LogP contribution in [-0.4, -0.2) is 64.6 Å². The number of unbranched alkanes of at least 4 members (excludes halogenated alkanes) is 1. The molecule has 3 unspecified atom stereocenters. The number of nitrogens with zero attached hydrogens (tertiary/aromatic N) is 1. The maximum absolute atomic E-state index is 14.2. The second kappa shape index (κ2) is 13.2. The highest BCUT2D eigenvalue weighted by atomic mass is 19.4. The largest absolute Gasteiger partial charge is 0.488 e. The zero-order chi connectivity index (χ0) is 37.7. The number of benzene rings is 1. The number of hydrogen-bond acceptors (Lipinski definition) is 3. The highest BCUT2D eigenvalue weighted by Crippen LogP contribution is 2.61. The standard InChI is InChI=1S/C31H38F13NO3/c1-17(18-10-12-19(13-11-18)48-25(5,6)7)16-20-21(24(2,3)4)23(47)45(22(20)46)15-9-8-14-26(32,33)27(34,35)28(36,37)29(38,39)30(40,41)31(42,43)44/h10-13,17,20-21H,8-9,14-16H2,1-7H3. The average Bonchev–Trinajstić information content (AvgIpc) is 3.13. The van der Waals surface area contributed by atoms with Gasteiger partial charge in [0.05, 0.1) is 11.8 Å². The van der Waals surface area contributed by atoms with Crippen molar-refractivity contribution in [3.63, 3.8) is 0 Å². The van der Waals surface area contributed by atoms with Gasteiger partial charge in [0.2, 0.25) is 11.8 Å². The van der Waals surface area contributed by atoms with E-state index in [4.69, 9.17) is 4.74 Å². The molecule has 1 heterocycles. The zero-order valence-electron chi connectivity index (χ0n) is 27.2. The van der Waals surface area contributed by atoms with Crippen molar-refractivity contribution in [2.45, 2.75) is 121 Å². The molecule has 1 aliphatic rings. The maximum Gasteiger partial charge on any atom is 0.460 e. The lowest BCUT2D eigenvalue weighted by Gasteiger charge is -2.39. The number of alkyl halides is 13. The number of amides is 2. The minimum Gasteiger partial charge on any atom is -0.488 e. The Morgan fingerprint density at radius 1 is 0.688 bits per heavy atom. The van der Waals surface area contributed by atoms with Crippen molar-refractivity contribution in [1.29, 1.82) is 0 Å². The van der Waals surface area contributed by atoms with E-state index in [2.05, 4.69) is 0 Å². The van der Waals surface area contributed by atoms with Gasteiger partial charge in [0, 0.05) is 13.0 Å². The second-order valence-corrected chi connectivity index (χ2v) is 14.2. The molecule has 0 spiro atoms. The number of carbonyl (C=O) groups excluding carboxylic acids is 2. The molecular weight excluding hydrogens is 681 g/mol. The Hall–Kier alpha value is -2.75. The molecule has 276 valence electrons. The van der Waals surface area contributed by atoms with Gasteiger partial charge in [-0.1, -0.05) is 39.8 Å². The molecule has 1 aromatic rings. The summed E-state index contributed by atoms with van der Waals surface area (Å²) in [6, 6.07) is 7.00. The van der Waals surface area contributed by atoms with Gasteiger partial charge in [-0.15, -0.1) is 0 Å². The summed E-state index contributed by atoms with van der Waals surface area (Å²) in [5.41, 5.74) is -0.472. The molecule has 0 saturated carbocycles. The fraction of sp³-hybridized carbons (Fsp3) is 0.742. The van der Waals surface area contributed by atoms with Gasteiger partial charge in [-0.05, 0) is 69.1 Å². The van der Waals surface area contributed by atoms with Crippen molar-refractivity contribution in [2.75, 3.05) is 6.54 Å². The summed E-state index contributed by atoms with van der Waals surface area (Å²) in [5.74, 6) is -40.2. The van der Waals surface area contributed by atoms with E-state index in [0.29, 0.717) is 10.6 Å². The monoisotopic (exact) mass is 719 g/mol. The minimum atomic E-state index is -7.96. The topological polar surface area (TPSA) is 46.6 Å². The van der Waals surface area contributed by atoms with Gasteiger partial charge in [-0.25, -0.2) is 0 Å². The number of likely N-dealkylation sites (tertiary alicyclic amines) is 1. The molecular formula is C31H38F13NO3. The zero-order valence-corrected chi connectivity index (χ0v) is 27.2. The summed E-state index contributed by atoms with van der Waals surface area (Å²) in [4.78, 5) is 27.4. The summed E-state index contributed by atoms with van der Waals surface area (Å²) < 4.78 is 180. The minimum absolute atomic E-state index is 0.151. The van der Waals surface area contributed by atoms with Crippen LogP contribution in [0.4, 0.5) is 57.1 Å². The number of hydrogen-bond donors (Lipinski definition) is 0. The van der Waals surface area contributed by atoms with Gasteiger partial charge in [0.1, 0.15) is 11.4 Å². The van der Waals surface area contributed by atoms with Crippen LogP contribution in [0.1, 0.15) is 85.6 Å². The van der Waals surface area contributed by atoms with E-state index in [1.165, 1.54) is 0 Å². The van der Waals surface area contributed by atoms with Gasteiger partial charge in [-0.2, -0.15) is 57.1 Å². The summed E-state index contributed by atoms with van der Waals surface area (Å²) >= 11 is 0. The fourth-order valence-electron chi connectivity index (χ4n) is 5.53. The van der Waals surface area contributed by atoms with Crippen LogP contribution in [0.5, 0.6) is 5.75 Å². The summed E-state index contributed by atoms with van der Waals surface area (Å²) in [5, 5.41) is 0. The number of carbonyl (C=O) groups is 2. The first-order valence-corrected chi connectivity index (χ1v) is 14.8. The van der Waals surface area contributed by atoms with E-state index in [0.717, 1.165) is 5.56 Å². The molecule has 0 N–H and O–H groups in total. The molecule has 48 heavy (non-hydrogen) atoms. The predicted octanol–water partition coefficient (Wildman–Crippen LogP) is 9.91. The lowest BCUT2D eigenvalue weighted by Crippen LogP contribution is -2.70. The Labute approximate surface area is 269 Å². The Balaban J connectivity index is 2.18. The summed E-state index contributed by atoms with van der Waals surface area (Å²) in [7, 11) is 0. The van der Waals surface area contributed by atoms with E-state index in [9.17, 15) is 66.7 Å². The Morgan fingerprint density at radius 2 is 1.17 bits per heavy atom. The van der Waals surface area contributed by atoms with Gasteiger partial charge in [-0.3, -0.25) is 14.5 Å². The Kier molecular flexibility index (Phi) is 11.4. The van der Waals surface area contributed by atoms with Gasteiger partial charge >= 0.3 is 35.8 Å². The highest BCUT2D eigenvalue weighted by Gasteiger charge is 2.90. The second-order valence-electron chi connectivity index (χ2n) is 14.2. The Morgan fingerprint density at radius 3 is 1.60 bits per heavy atom. The van der Waals surface area contributed by atoms with Crippen molar-refractivity contribution in [3.8, 4) is 5.75 Å². The fourth-order valence-corrected chi connectivity index (χ4v) is 5.53. The molecule has 2 rings (SSSR count). The predicted molar refractivity (Wildman–Crippen MR) is 148 cm³/mol. The third-order valence-electron chi connectivity index (χ3n) is 8.05. The molecule has 17 heteroatoms. The van der Waals surface area contributed by atoms with E-state index in [1.807, 2.05) is 20.8 Å².